The molecule has 0 saturated heterocycles. The number of methoxy groups -OCH3 is 1. The van der Waals surface area contributed by atoms with Gasteiger partial charge >= 0.3 is 8.80 Å². The molecule has 0 spiro atoms. The molecule has 1 rings (SSSR count). The first-order valence-corrected chi connectivity index (χ1v) is 38.3. The maximum atomic E-state index is 6.24. The van der Waals surface area contributed by atoms with Crippen LogP contribution in [0.3, 0.4) is 0 Å². The lowest BCUT2D eigenvalue weighted by atomic mass is 10.0. The van der Waals surface area contributed by atoms with Crippen LogP contribution in [-0.2, 0) is 19.7 Å². The van der Waals surface area contributed by atoms with Gasteiger partial charge in [0.1, 0.15) is 5.75 Å². The fourth-order valence-electron chi connectivity index (χ4n) is 4.59. The topological polar surface area (TPSA) is 36.9 Å². The van der Waals surface area contributed by atoms with Gasteiger partial charge in [0.25, 0.3) is 0 Å². The van der Waals surface area contributed by atoms with Crippen LogP contribution >= 0.6 is 0 Å². The van der Waals surface area contributed by atoms with Gasteiger partial charge in [-0.05, 0) is 72.3 Å². The Kier molecular flexibility index (Phi) is 10.0. The van der Waals surface area contributed by atoms with Gasteiger partial charge in [0.2, 0.25) is 6.87 Å². The Morgan fingerprint density at radius 1 is 0.933 bits per heavy atom. The lowest BCUT2D eigenvalue weighted by Crippen LogP contribution is -2.88. The molecule has 30 heavy (non-hydrogen) atoms. The van der Waals surface area contributed by atoms with Gasteiger partial charge < -0.3 is 18.0 Å². The van der Waals surface area contributed by atoms with E-state index in [4.69, 9.17) is 37.3 Å². The minimum absolute atomic E-state index is 0.931. The third-order valence-electron chi connectivity index (χ3n) is 6.12. The van der Waals surface area contributed by atoms with Crippen LogP contribution in [0, 0.1) is 51.4 Å². The van der Waals surface area contributed by atoms with Crippen molar-refractivity contribution in [3.05, 3.63) is 28.8 Å². The van der Waals surface area contributed by atoms with Crippen LogP contribution in [0.1, 0.15) is 16.7 Å². The molecule has 162 valence electrons. The maximum Gasteiger partial charge on any atom is 0.432 e. The summed E-state index contributed by atoms with van der Waals surface area (Å²) in [6, 6.07) is 5.49. The number of rotatable bonds is 10. The van der Waals surface area contributed by atoms with Crippen molar-refractivity contribution >= 4 is 77.2 Å². The first-order valence-electron chi connectivity index (χ1n) is 9.92. The van der Waals surface area contributed by atoms with E-state index in [1.165, 1.54) is 40.4 Å². The Labute approximate surface area is 200 Å². The van der Waals surface area contributed by atoms with Gasteiger partial charge in [-0.2, -0.15) is 0 Å². The molecule has 0 radical (unpaired) electrons. The van der Waals surface area contributed by atoms with Crippen molar-refractivity contribution in [2.24, 2.45) is 0 Å². The summed E-state index contributed by atoms with van der Waals surface area (Å²) in [5.74, 6) is 0.931. The van der Waals surface area contributed by atoms with Crippen molar-refractivity contribution in [3.63, 3.8) is 0 Å². The summed E-state index contributed by atoms with van der Waals surface area (Å²) < 4.78 is 23.7. The molecule has 0 bridgehead atoms. The lowest BCUT2D eigenvalue weighted by molar-refractivity contribution is 0.400. The normalized spacial score (nSPS) is 17.1. The molecule has 1 atom stereocenters. The molecule has 1 unspecified atom stereocenters. The second-order valence-electron chi connectivity index (χ2n) is 9.00. The van der Waals surface area contributed by atoms with Crippen LogP contribution in [0.2, 0.25) is 6.04 Å². The van der Waals surface area contributed by atoms with E-state index in [1.54, 1.807) is 7.11 Å². The number of aryl methyl sites for hydroxylation is 3. The van der Waals surface area contributed by atoms with E-state index in [0.717, 1.165) is 43.3 Å². The summed E-state index contributed by atoms with van der Waals surface area (Å²) in [7, 11) is 5.17. The fraction of sp³-hybridized carbons (Fsp3) is 0.294. The van der Waals surface area contributed by atoms with Crippen LogP contribution < -0.4 is 4.74 Å². The number of hydrogen-bond acceptors (Lipinski definition) is 4. The average Bonchev–Trinajstić information content (AvgIpc) is 2.63. The number of terminal acetylenes is 3. The van der Waals surface area contributed by atoms with E-state index in [-0.39, 0.29) is 0 Å². The van der Waals surface area contributed by atoms with Gasteiger partial charge in [-0.25, -0.2) is 0 Å². The standard InChI is InChI=1S/C17H34O4Si9/c1-7-19-27(20-8-2)28(30(24,25)26,29(22,23)21-9-3)11-10-16-12-15(5)17(18-6)13-14(16)4/h1-3,12-13,27H,10-11H2,4-6,22-26H3. The highest BCUT2D eigenvalue weighted by atomic mass is 30.4. The Balaban J connectivity index is 3.61. The van der Waals surface area contributed by atoms with E-state index >= 15 is 0 Å². The molecule has 0 heterocycles. The van der Waals surface area contributed by atoms with E-state index in [9.17, 15) is 0 Å². The average molecular weight is 555 g/mol. The summed E-state index contributed by atoms with van der Waals surface area (Å²) in [5, 5.41) is 0. The molecule has 0 aromatic heterocycles. The van der Waals surface area contributed by atoms with Gasteiger partial charge in [-0.15, -0.1) is 0 Å². The predicted octanol–water partition coefficient (Wildman–Crippen LogP) is -4.71. The minimum atomic E-state index is -2.23. The minimum Gasteiger partial charge on any atom is -0.514 e. The molecular weight excluding hydrogens is 521 g/mol. The summed E-state index contributed by atoms with van der Waals surface area (Å²) in [4.78, 5) is 0. The molecule has 13 heteroatoms. The monoisotopic (exact) mass is 554 g/mol. The van der Waals surface area contributed by atoms with Crippen LogP contribution in [0.4, 0.5) is 0 Å². The molecule has 0 aliphatic carbocycles. The number of ether oxygens (including phenoxy) is 1. The van der Waals surface area contributed by atoms with E-state index in [2.05, 4.69) is 44.3 Å². The molecule has 4 nitrogen and oxygen atoms in total. The van der Waals surface area contributed by atoms with Crippen LogP contribution in [0.25, 0.3) is 0 Å². The van der Waals surface area contributed by atoms with Crippen molar-refractivity contribution < 1.29 is 18.0 Å². The van der Waals surface area contributed by atoms with Crippen LogP contribution in [-0.4, -0.2) is 84.4 Å². The Hall–Kier alpha value is -0.948. The maximum absolute atomic E-state index is 6.24. The van der Waals surface area contributed by atoms with Gasteiger partial charge in [0.05, 0.1) is 25.4 Å². The molecular formula is C17H34O4Si9. The molecule has 1 aromatic rings. The quantitative estimate of drug-likeness (QED) is 0.215. The lowest BCUT2D eigenvalue weighted by Gasteiger charge is -2.50. The molecule has 1 aromatic carbocycles. The second-order valence-corrected chi connectivity index (χ2v) is 116. The first kappa shape index (κ1) is 27.1. The van der Waals surface area contributed by atoms with Crippen molar-refractivity contribution in [2.45, 2.75) is 26.3 Å². The third-order valence-corrected chi connectivity index (χ3v) is 155. The zero-order valence-corrected chi connectivity index (χ0v) is 33.7. The molecule has 0 amide bonds. The van der Waals surface area contributed by atoms with E-state index < -0.39 is 28.4 Å². The highest BCUT2D eigenvalue weighted by Gasteiger charge is 2.67. The molecule has 0 N–H and O–H groups in total. The van der Waals surface area contributed by atoms with Crippen molar-refractivity contribution in [2.75, 3.05) is 7.11 Å². The Morgan fingerprint density at radius 2 is 1.50 bits per heavy atom. The van der Waals surface area contributed by atoms with Crippen LogP contribution in [0.5, 0.6) is 5.75 Å². The largest absolute Gasteiger partial charge is 0.514 e. The highest BCUT2D eigenvalue weighted by molar-refractivity contribution is 8.11. The Morgan fingerprint density at radius 3 is 1.93 bits per heavy atom. The predicted molar refractivity (Wildman–Crippen MR) is 155 cm³/mol. The Bertz CT molecular complexity index is 863. The zero-order valence-electron chi connectivity index (χ0n) is 19.5. The van der Waals surface area contributed by atoms with E-state index in [1.807, 2.05) is 0 Å². The second kappa shape index (κ2) is 11.1. The van der Waals surface area contributed by atoms with Crippen molar-refractivity contribution in [1.82, 2.24) is 0 Å². The molecule has 0 aliphatic heterocycles. The zero-order chi connectivity index (χ0) is 23.2. The van der Waals surface area contributed by atoms with E-state index in [0.29, 0.717) is 0 Å². The van der Waals surface area contributed by atoms with Crippen molar-refractivity contribution in [3.8, 4) is 43.3 Å². The van der Waals surface area contributed by atoms with Crippen LogP contribution in [0.15, 0.2) is 12.1 Å². The third kappa shape index (κ3) is 5.64. The van der Waals surface area contributed by atoms with Gasteiger partial charge in [0, 0.05) is 25.7 Å². The summed E-state index contributed by atoms with van der Waals surface area (Å²) in [6.45, 7) is 0.172. The van der Waals surface area contributed by atoms with Gasteiger partial charge in [-0.3, -0.25) is 0 Å². The number of benzene rings is 1. The highest BCUT2D eigenvalue weighted by Crippen LogP contribution is 2.32. The summed E-state index contributed by atoms with van der Waals surface area (Å²) >= 11 is 0. The molecule has 0 aliphatic rings. The summed E-state index contributed by atoms with van der Waals surface area (Å²) in [6.07, 6.45) is 24.0. The smallest absolute Gasteiger partial charge is 0.432 e. The molecule has 0 saturated carbocycles. The van der Waals surface area contributed by atoms with Gasteiger partial charge in [0.15, 0.2) is 6.63 Å². The molecule has 0 fully saturated rings. The SMILES string of the molecule is C#CO[SiH](OC#C)[Si](CCc1cc(C)c(OC)cc1C)([Si]([SiH3])([SiH3])[SiH3])[Si]([SiH3])([SiH3])OC#C. The van der Waals surface area contributed by atoms with Crippen molar-refractivity contribution in [1.29, 1.82) is 0 Å². The number of hydrogen-bond donors (Lipinski definition) is 0. The fourth-order valence-corrected chi connectivity index (χ4v) is 274. The first-order chi connectivity index (χ1) is 13.9. The van der Waals surface area contributed by atoms with Gasteiger partial charge in [-0.1, -0.05) is 31.4 Å². The summed E-state index contributed by atoms with van der Waals surface area (Å²) in [5.41, 5.74) is 3.77.